The van der Waals surface area contributed by atoms with Crippen LogP contribution in [0.15, 0.2) is 65.0 Å². The van der Waals surface area contributed by atoms with Crippen LogP contribution in [0.4, 0.5) is 5.13 Å². The summed E-state index contributed by atoms with van der Waals surface area (Å²) in [6, 6.07) is 9.75. The van der Waals surface area contributed by atoms with Gasteiger partial charge in [-0.25, -0.2) is 13.4 Å². The van der Waals surface area contributed by atoms with Gasteiger partial charge in [0.15, 0.2) is 26.5 Å². The van der Waals surface area contributed by atoms with Crippen LogP contribution < -0.4 is 14.8 Å². The molecule has 1 atom stereocenters. The van der Waals surface area contributed by atoms with Crippen LogP contribution in [-0.2, 0) is 24.1 Å². The van der Waals surface area contributed by atoms with Crippen molar-refractivity contribution in [2.24, 2.45) is 5.41 Å². The summed E-state index contributed by atoms with van der Waals surface area (Å²) in [7, 11) is -1.81. The van der Waals surface area contributed by atoms with Crippen molar-refractivity contribution in [3.63, 3.8) is 0 Å². The van der Waals surface area contributed by atoms with Crippen molar-refractivity contribution in [1.82, 2.24) is 4.98 Å². The number of nitrogens with zero attached hydrogens (tertiary/aromatic N) is 1. The van der Waals surface area contributed by atoms with Crippen molar-refractivity contribution in [2.75, 3.05) is 25.0 Å². The van der Waals surface area contributed by atoms with Crippen LogP contribution in [-0.4, -0.2) is 39.0 Å². The molecule has 11 heteroatoms. The number of benzene rings is 2. The second kappa shape index (κ2) is 9.38. The lowest BCUT2D eigenvalue weighted by Gasteiger charge is -2.29. The molecule has 0 radical (unpaired) electrons. The number of hydrogen-bond acceptors (Lipinski definition) is 9. The number of anilines is 1. The van der Waals surface area contributed by atoms with Crippen molar-refractivity contribution in [3.05, 3.63) is 65.6 Å². The summed E-state index contributed by atoms with van der Waals surface area (Å²) in [5, 5.41) is 3.23. The number of carbonyl (C=O) groups is 1. The van der Waals surface area contributed by atoms with E-state index in [0.717, 1.165) is 4.70 Å². The zero-order valence-corrected chi connectivity index (χ0v) is 22.4. The van der Waals surface area contributed by atoms with E-state index in [1.807, 2.05) is 13.8 Å². The Morgan fingerprint density at radius 3 is 2.54 bits per heavy atom. The van der Waals surface area contributed by atoms with Crippen LogP contribution in [0.1, 0.15) is 32.4 Å². The molecule has 1 aromatic heterocycles. The van der Waals surface area contributed by atoms with E-state index >= 15 is 0 Å². The highest BCUT2D eigenvalue weighted by molar-refractivity contribution is 7.91. The number of hydrogen-bond donors (Lipinski definition) is 1. The average Bonchev–Trinajstić information content (AvgIpc) is 3.58. The zero-order valence-electron chi connectivity index (χ0n) is 20.7. The van der Waals surface area contributed by atoms with Crippen LogP contribution in [0.3, 0.4) is 0 Å². The first-order valence-corrected chi connectivity index (χ1v) is 14.1. The molecule has 9 nitrogen and oxygen atoms in total. The molecule has 0 spiro atoms. The van der Waals surface area contributed by atoms with E-state index in [1.54, 1.807) is 50.5 Å². The predicted molar refractivity (Wildman–Crippen MR) is 139 cm³/mol. The smallest absolute Gasteiger partial charge is 0.271 e. The van der Waals surface area contributed by atoms with Gasteiger partial charge in [0.05, 0.1) is 28.7 Å². The highest BCUT2D eigenvalue weighted by Gasteiger charge is 2.38. The number of sulfone groups is 1. The maximum atomic E-state index is 13.6. The molecule has 1 aliphatic heterocycles. The first-order chi connectivity index (χ1) is 17.6. The Morgan fingerprint density at radius 2 is 1.86 bits per heavy atom. The molecule has 3 aromatic rings. The van der Waals surface area contributed by atoms with Crippen LogP contribution in [0.25, 0.3) is 10.2 Å². The van der Waals surface area contributed by atoms with E-state index < -0.39 is 27.3 Å². The van der Waals surface area contributed by atoms with Gasteiger partial charge in [-0.05, 0) is 50.3 Å². The minimum atomic E-state index is -3.39. The number of amides is 1. The predicted octanol–water partition coefficient (Wildman–Crippen LogP) is 4.97. The van der Waals surface area contributed by atoms with Crippen LogP contribution in [0.5, 0.6) is 11.5 Å². The van der Waals surface area contributed by atoms with Crippen LogP contribution >= 0.6 is 11.3 Å². The maximum absolute atomic E-state index is 13.6. The third-order valence-corrected chi connectivity index (χ3v) is 9.10. The van der Waals surface area contributed by atoms with Gasteiger partial charge in [-0.1, -0.05) is 30.4 Å². The Morgan fingerprint density at radius 1 is 1.14 bits per heavy atom. The maximum Gasteiger partial charge on any atom is 0.271 e. The fraction of sp³-hybridized carbons (Fsp3) is 0.308. The molecular formula is C26H26N2O7S2. The molecule has 0 bridgehead atoms. The normalized spacial score (nSPS) is 16.8. The van der Waals surface area contributed by atoms with Gasteiger partial charge >= 0.3 is 0 Å². The van der Waals surface area contributed by atoms with E-state index in [-0.39, 0.29) is 17.4 Å². The summed E-state index contributed by atoms with van der Waals surface area (Å²) in [6.45, 7) is 5.59. The Balaban J connectivity index is 1.46. The second-order valence-electron chi connectivity index (χ2n) is 9.02. The molecule has 0 fully saturated rings. The van der Waals surface area contributed by atoms with Gasteiger partial charge in [-0.2, -0.15) is 0 Å². The molecule has 1 aliphatic carbocycles. The summed E-state index contributed by atoms with van der Waals surface area (Å²) in [5.74, 6) is 2.01. The van der Waals surface area contributed by atoms with E-state index in [9.17, 15) is 13.2 Å². The second-order valence-corrected chi connectivity index (χ2v) is 12.3. The Labute approximate surface area is 218 Å². The number of fused-ring (bicyclic) bond motifs is 3. The molecule has 5 rings (SSSR count). The fourth-order valence-corrected chi connectivity index (χ4v) is 6.04. The number of methoxy groups -OCH3 is 1. The molecular weight excluding hydrogens is 516 g/mol. The van der Waals surface area contributed by atoms with Gasteiger partial charge in [-0.15, -0.1) is 0 Å². The number of aromatic nitrogens is 1. The summed E-state index contributed by atoms with van der Waals surface area (Å²) >= 11 is 1.27. The fourth-order valence-electron chi connectivity index (χ4n) is 4.19. The van der Waals surface area contributed by atoms with Gasteiger partial charge in [-0.3, -0.25) is 10.1 Å². The van der Waals surface area contributed by atoms with Gasteiger partial charge < -0.3 is 18.9 Å². The number of nitrogens with one attached hydrogen (secondary N) is 1. The third kappa shape index (κ3) is 4.53. The van der Waals surface area contributed by atoms with Crippen molar-refractivity contribution >= 4 is 42.4 Å². The highest BCUT2D eigenvalue weighted by Crippen LogP contribution is 2.44. The van der Waals surface area contributed by atoms with E-state index in [2.05, 4.69) is 10.3 Å². The first-order valence-electron chi connectivity index (χ1n) is 11.6. The highest BCUT2D eigenvalue weighted by atomic mass is 32.2. The van der Waals surface area contributed by atoms with Crippen molar-refractivity contribution in [2.45, 2.75) is 31.8 Å². The number of allylic oxidation sites excluding steroid dienone is 2. The summed E-state index contributed by atoms with van der Waals surface area (Å²) < 4.78 is 48.1. The largest absolute Gasteiger partial charge is 0.500 e. The lowest BCUT2D eigenvalue weighted by molar-refractivity contribution is -0.126. The molecule has 1 amide bonds. The van der Waals surface area contributed by atoms with Crippen LogP contribution in [0, 0.1) is 5.41 Å². The topological polar surface area (TPSA) is 113 Å². The third-order valence-electron chi connectivity index (χ3n) is 6.37. The molecule has 1 N–H and O–H groups in total. The monoisotopic (exact) mass is 542 g/mol. The summed E-state index contributed by atoms with van der Waals surface area (Å²) in [6.07, 6.45) is 2.50. The number of carbonyl (C=O) groups excluding carboxylic acids is 1. The Kier molecular flexibility index (Phi) is 6.36. The minimum absolute atomic E-state index is 0.0185. The number of ether oxygens (including phenoxy) is 4. The molecule has 0 saturated carbocycles. The lowest BCUT2D eigenvalue weighted by Crippen LogP contribution is -2.27. The van der Waals surface area contributed by atoms with E-state index in [1.165, 1.54) is 23.5 Å². The van der Waals surface area contributed by atoms with Gasteiger partial charge in [0.2, 0.25) is 12.9 Å². The lowest BCUT2D eigenvalue weighted by atomic mass is 9.91. The summed E-state index contributed by atoms with van der Waals surface area (Å²) in [5.41, 5.74) is 0.575. The van der Waals surface area contributed by atoms with E-state index in [4.69, 9.17) is 18.9 Å². The minimum Gasteiger partial charge on any atom is -0.500 e. The first kappa shape index (κ1) is 25.1. The Hall–Kier alpha value is -3.57. The number of rotatable bonds is 8. The van der Waals surface area contributed by atoms with Crippen LogP contribution in [0.2, 0.25) is 0 Å². The zero-order chi connectivity index (χ0) is 26.4. The average molecular weight is 543 g/mol. The van der Waals surface area contributed by atoms with Gasteiger partial charge in [0.1, 0.15) is 16.2 Å². The van der Waals surface area contributed by atoms with Crippen molar-refractivity contribution in [1.29, 1.82) is 0 Å². The quantitative estimate of drug-likeness (QED) is 0.425. The van der Waals surface area contributed by atoms with Gasteiger partial charge in [0.25, 0.3) is 5.91 Å². The van der Waals surface area contributed by atoms with Gasteiger partial charge in [0, 0.05) is 5.56 Å². The molecule has 1 unspecified atom stereocenters. The molecule has 194 valence electrons. The molecule has 37 heavy (non-hydrogen) atoms. The molecule has 0 saturated heterocycles. The molecule has 2 aliphatic rings. The standard InChI is InChI=1S/C26H26N2O7S2/c1-5-37(30,31)16-8-6-15(7-9-16)21(35-20-13-12-19(32-4)26(20,2)3)24(29)28-25-27-17-10-11-18-22(23(17)36-25)34-14-33-18/h6-13,21H,5,14H2,1-4H3,(H,27,28,29). The number of thiazole rings is 1. The van der Waals surface area contributed by atoms with Crippen molar-refractivity contribution in [3.8, 4) is 11.5 Å². The molecule has 2 aromatic carbocycles. The SMILES string of the molecule is CCS(=O)(=O)c1ccc(C(OC2=CC=C(OC)C2(C)C)C(=O)Nc2nc3ccc4c(c3s2)OCO4)cc1. The van der Waals surface area contributed by atoms with Crippen molar-refractivity contribution < 1.29 is 32.2 Å². The Bertz CT molecular complexity index is 1540. The summed E-state index contributed by atoms with van der Waals surface area (Å²) in [4.78, 5) is 18.3. The van der Waals surface area contributed by atoms with E-state index in [0.29, 0.717) is 39.2 Å². The molecule has 2 heterocycles.